The van der Waals surface area contributed by atoms with Crippen molar-refractivity contribution in [2.75, 3.05) is 13.4 Å². The van der Waals surface area contributed by atoms with Crippen LogP contribution < -0.4 is 19.5 Å². The van der Waals surface area contributed by atoms with E-state index in [9.17, 15) is 9.90 Å². The highest BCUT2D eigenvalue weighted by Crippen LogP contribution is 2.35. The Morgan fingerprint density at radius 3 is 2.83 bits per heavy atom. The van der Waals surface area contributed by atoms with Crippen molar-refractivity contribution in [3.05, 3.63) is 65.8 Å². The number of carbonyl (C=O) groups is 1. The number of hydrogen-bond acceptors (Lipinski definition) is 8. The summed E-state index contributed by atoms with van der Waals surface area (Å²) < 4.78 is 21.1. The van der Waals surface area contributed by atoms with E-state index >= 15 is 0 Å². The SMILES string of the molecule is O=C(N[C@H](CO)Cc1ccccc1)c1nc(COc2ccc3c(c2)OCO3)no1. The summed E-state index contributed by atoms with van der Waals surface area (Å²) in [4.78, 5) is 16.4. The van der Waals surface area contributed by atoms with Crippen LogP contribution in [-0.4, -0.2) is 40.6 Å². The van der Waals surface area contributed by atoms with Crippen LogP contribution in [0.15, 0.2) is 53.1 Å². The highest BCUT2D eigenvalue weighted by atomic mass is 16.7. The summed E-state index contributed by atoms with van der Waals surface area (Å²) in [7, 11) is 0. The van der Waals surface area contributed by atoms with Crippen molar-refractivity contribution in [2.24, 2.45) is 0 Å². The fourth-order valence-corrected chi connectivity index (χ4v) is 2.83. The van der Waals surface area contributed by atoms with Crippen LogP contribution in [0.2, 0.25) is 0 Å². The second-order valence-corrected chi connectivity index (χ2v) is 6.36. The predicted molar refractivity (Wildman–Crippen MR) is 99.7 cm³/mol. The third-order valence-corrected chi connectivity index (χ3v) is 4.25. The van der Waals surface area contributed by atoms with Gasteiger partial charge < -0.3 is 29.2 Å². The first kappa shape index (κ1) is 18.8. The van der Waals surface area contributed by atoms with Crippen LogP contribution in [0, 0.1) is 0 Å². The number of aromatic nitrogens is 2. The molecule has 2 N–H and O–H groups in total. The molecule has 0 spiro atoms. The number of nitrogens with zero attached hydrogens (tertiary/aromatic N) is 2. The molecule has 0 radical (unpaired) electrons. The van der Waals surface area contributed by atoms with E-state index in [0.29, 0.717) is 23.7 Å². The number of benzene rings is 2. The highest BCUT2D eigenvalue weighted by molar-refractivity contribution is 5.89. The Kier molecular flexibility index (Phi) is 5.57. The third kappa shape index (κ3) is 4.64. The fourth-order valence-electron chi connectivity index (χ4n) is 2.83. The van der Waals surface area contributed by atoms with Gasteiger partial charge in [-0.25, -0.2) is 0 Å². The van der Waals surface area contributed by atoms with Crippen molar-refractivity contribution in [1.29, 1.82) is 0 Å². The number of aliphatic hydroxyl groups excluding tert-OH is 1. The van der Waals surface area contributed by atoms with E-state index < -0.39 is 11.9 Å². The molecule has 1 amide bonds. The first-order valence-electron chi connectivity index (χ1n) is 9.02. The zero-order chi connectivity index (χ0) is 20.1. The van der Waals surface area contributed by atoms with Crippen LogP contribution in [0.25, 0.3) is 0 Å². The van der Waals surface area contributed by atoms with Crippen molar-refractivity contribution in [3.8, 4) is 17.2 Å². The maximum absolute atomic E-state index is 12.3. The second kappa shape index (κ2) is 8.61. The molecule has 2 aromatic carbocycles. The third-order valence-electron chi connectivity index (χ3n) is 4.25. The van der Waals surface area contributed by atoms with Gasteiger partial charge in [0.05, 0.1) is 12.6 Å². The Morgan fingerprint density at radius 2 is 2.00 bits per heavy atom. The zero-order valence-electron chi connectivity index (χ0n) is 15.4. The number of aliphatic hydroxyl groups is 1. The van der Waals surface area contributed by atoms with Gasteiger partial charge in [0.2, 0.25) is 12.6 Å². The number of ether oxygens (including phenoxy) is 3. The van der Waals surface area contributed by atoms with Gasteiger partial charge in [-0.1, -0.05) is 35.5 Å². The number of fused-ring (bicyclic) bond motifs is 1. The Balaban J connectivity index is 1.32. The Bertz CT molecular complexity index is 975. The number of nitrogens with one attached hydrogen (secondary N) is 1. The van der Waals surface area contributed by atoms with Crippen molar-refractivity contribution in [3.63, 3.8) is 0 Å². The smallest absolute Gasteiger partial charge is 0.316 e. The van der Waals surface area contributed by atoms with Gasteiger partial charge in [-0.05, 0) is 24.1 Å². The average molecular weight is 397 g/mol. The van der Waals surface area contributed by atoms with Crippen LogP contribution in [-0.2, 0) is 13.0 Å². The molecule has 0 fully saturated rings. The molecule has 0 bridgehead atoms. The number of hydrogen-bond donors (Lipinski definition) is 2. The van der Waals surface area contributed by atoms with Gasteiger partial charge in [0, 0.05) is 6.07 Å². The molecule has 29 heavy (non-hydrogen) atoms. The lowest BCUT2D eigenvalue weighted by molar-refractivity contribution is 0.0872. The minimum absolute atomic E-state index is 0.0177. The molecular weight excluding hydrogens is 378 g/mol. The molecule has 2 heterocycles. The monoisotopic (exact) mass is 397 g/mol. The molecule has 9 heteroatoms. The summed E-state index contributed by atoms with van der Waals surface area (Å²) in [5.74, 6) is 1.28. The summed E-state index contributed by atoms with van der Waals surface area (Å²) in [5.41, 5.74) is 0.996. The summed E-state index contributed by atoms with van der Waals surface area (Å²) in [6, 6.07) is 14.3. The minimum Gasteiger partial charge on any atom is -0.485 e. The van der Waals surface area contributed by atoms with Crippen molar-refractivity contribution >= 4 is 5.91 Å². The Hall–Kier alpha value is -3.59. The van der Waals surface area contributed by atoms with E-state index in [1.807, 2.05) is 30.3 Å². The molecular formula is C20H19N3O6. The van der Waals surface area contributed by atoms with Gasteiger partial charge in [0.25, 0.3) is 0 Å². The Labute approximate surface area is 166 Å². The van der Waals surface area contributed by atoms with E-state index in [-0.39, 0.29) is 31.7 Å². The molecule has 3 aromatic rings. The predicted octanol–water partition coefficient (Wildman–Crippen LogP) is 1.71. The van der Waals surface area contributed by atoms with Crippen LogP contribution in [0.4, 0.5) is 0 Å². The van der Waals surface area contributed by atoms with Crippen molar-refractivity contribution in [2.45, 2.75) is 19.1 Å². The van der Waals surface area contributed by atoms with Crippen LogP contribution in [0.1, 0.15) is 22.1 Å². The van der Waals surface area contributed by atoms with Gasteiger partial charge in [0.15, 0.2) is 18.1 Å². The lowest BCUT2D eigenvalue weighted by Crippen LogP contribution is -2.39. The second-order valence-electron chi connectivity index (χ2n) is 6.36. The fraction of sp³-hybridized carbons (Fsp3) is 0.250. The van der Waals surface area contributed by atoms with Gasteiger partial charge in [-0.3, -0.25) is 4.79 Å². The van der Waals surface area contributed by atoms with Crippen LogP contribution in [0.5, 0.6) is 17.2 Å². The lowest BCUT2D eigenvalue weighted by Gasteiger charge is -2.14. The lowest BCUT2D eigenvalue weighted by atomic mass is 10.1. The molecule has 1 aliphatic rings. The normalized spacial score (nSPS) is 13.1. The average Bonchev–Trinajstić information content (AvgIpc) is 3.41. The van der Waals surface area contributed by atoms with E-state index in [2.05, 4.69) is 15.5 Å². The quantitative estimate of drug-likeness (QED) is 0.590. The molecule has 1 aromatic heterocycles. The van der Waals surface area contributed by atoms with Crippen LogP contribution in [0.3, 0.4) is 0 Å². The molecule has 0 aliphatic carbocycles. The molecule has 1 aliphatic heterocycles. The molecule has 150 valence electrons. The molecule has 1 atom stereocenters. The van der Waals surface area contributed by atoms with Gasteiger partial charge in [-0.15, -0.1) is 0 Å². The number of carbonyl (C=O) groups excluding carboxylic acids is 1. The standard InChI is InChI=1S/C20H19N3O6/c24-10-14(8-13-4-2-1-3-5-13)21-19(25)20-22-18(23-29-20)11-26-15-6-7-16-17(9-15)28-12-27-16/h1-7,9,14,24H,8,10-12H2,(H,21,25)/t14-/m0/s1. The summed E-state index contributed by atoms with van der Waals surface area (Å²) in [5, 5.41) is 16.0. The van der Waals surface area contributed by atoms with Gasteiger partial charge in [0.1, 0.15) is 5.75 Å². The molecule has 4 rings (SSSR count). The molecule has 0 unspecified atom stereocenters. The largest absolute Gasteiger partial charge is 0.485 e. The summed E-state index contributed by atoms with van der Waals surface area (Å²) in [6.45, 7) is -0.0140. The van der Waals surface area contributed by atoms with Gasteiger partial charge >= 0.3 is 11.8 Å². The number of amides is 1. The molecule has 0 saturated heterocycles. The van der Waals surface area contributed by atoms with E-state index in [1.165, 1.54) is 0 Å². The van der Waals surface area contributed by atoms with E-state index in [0.717, 1.165) is 5.56 Å². The van der Waals surface area contributed by atoms with Crippen molar-refractivity contribution in [1.82, 2.24) is 15.5 Å². The first-order valence-corrected chi connectivity index (χ1v) is 9.02. The highest BCUT2D eigenvalue weighted by Gasteiger charge is 2.20. The van der Waals surface area contributed by atoms with Crippen molar-refractivity contribution < 1.29 is 28.6 Å². The molecule has 0 saturated carbocycles. The summed E-state index contributed by atoms with van der Waals surface area (Å²) in [6.07, 6.45) is 0.483. The van der Waals surface area contributed by atoms with E-state index in [4.69, 9.17) is 18.7 Å². The van der Waals surface area contributed by atoms with E-state index in [1.54, 1.807) is 18.2 Å². The minimum atomic E-state index is -0.554. The summed E-state index contributed by atoms with van der Waals surface area (Å²) >= 11 is 0. The van der Waals surface area contributed by atoms with Crippen LogP contribution >= 0.6 is 0 Å². The molecule has 9 nitrogen and oxygen atoms in total. The zero-order valence-corrected chi connectivity index (χ0v) is 15.4. The van der Waals surface area contributed by atoms with Gasteiger partial charge in [-0.2, -0.15) is 4.98 Å². The maximum atomic E-state index is 12.3. The number of rotatable bonds is 8. The first-order chi connectivity index (χ1) is 14.2. The Morgan fingerprint density at radius 1 is 1.17 bits per heavy atom. The topological polar surface area (TPSA) is 116 Å². The maximum Gasteiger partial charge on any atom is 0.316 e.